The van der Waals surface area contributed by atoms with Gasteiger partial charge in [0.2, 0.25) is 0 Å². The van der Waals surface area contributed by atoms with E-state index in [1.165, 1.54) is 30.3 Å². The molecule has 4 aromatic rings. The molecule has 140 valence electrons. The zero-order valence-corrected chi connectivity index (χ0v) is 13.9. The van der Waals surface area contributed by atoms with E-state index in [0.717, 1.165) is 12.1 Å². The Morgan fingerprint density at radius 3 is 2.43 bits per heavy atom. The van der Waals surface area contributed by atoms with Crippen molar-refractivity contribution < 1.29 is 22.5 Å². The average molecular weight is 385 g/mol. The van der Waals surface area contributed by atoms with Gasteiger partial charge in [-0.15, -0.1) is 0 Å². The van der Waals surface area contributed by atoms with Crippen LogP contribution in [-0.4, -0.2) is 16.0 Å². The van der Waals surface area contributed by atoms with Gasteiger partial charge in [-0.1, -0.05) is 17.3 Å². The van der Waals surface area contributed by atoms with E-state index < -0.39 is 29.1 Å². The largest absolute Gasteiger partial charge is 0.439 e. The van der Waals surface area contributed by atoms with E-state index in [1.807, 2.05) is 0 Å². The molecule has 1 aromatic heterocycles. The molecule has 0 aliphatic heterocycles. The van der Waals surface area contributed by atoms with E-state index in [2.05, 4.69) is 20.0 Å². The third-order valence-electron chi connectivity index (χ3n) is 4.07. The van der Waals surface area contributed by atoms with Crippen molar-refractivity contribution >= 4 is 22.4 Å². The van der Waals surface area contributed by atoms with Gasteiger partial charge in [0.1, 0.15) is 5.82 Å². The predicted octanol–water partition coefficient (Wildman–Crippen LogP) is 3.85. The summed E-state index contributed by atoms with van der Waals surface area (Å²) in [4.78, 5) is 26.0. The molecule has 0 radical (unpaired) electrons. The Hall–Kier alpha value is -3.88. The van der Waals surface area contributed by atoms with Crippen LogP contribution >= 0.6 is 0 Å². The van der Waals surface area contributed by atoms with E-state index in [1.54, 1.807) is 6.07 Å². The van der Waals surface area contributed by atoms with Crippen LogP contribution in [0.3, 0.4) is 0 Å². The molecule has 0 saturated carbocycles. The fourth-order valence-electron chi connectivity index (χ4n) is 2.74. The highest BCUT2D eigenvalue weighted by atomic mass is 19.2. The van der Waals surface area contributed by atoms with Crippen molar-refractivity contribution in [2.24, 2.45) is 0 Å². The third kappa shape index (κ3) is 3.25. The topological polar surface area (TPSA) is 88.0 Å². The molecule has 3 aromatic carbocycles. The lowest BCUT2D eigenvalue weighted by atomic mass is 10.1. The second kappa shape index (κ2) is 6.69. The predicted molar refractivity (Wildman–Crippen MR) is 94.3 cm³/mol. The number of rotatable bonds is 3. The third-order valence-corrected chi connectivity index (χ3v) is 4.07. The fourth-order valence-corrected chi connectivity index (χ4v) is 2.74. The van der Waals surface area contributed by atoms with Crippen LogP contribution in [0, 0.1) is 17.5 Å². The number of aromatic nitrogens is 2. The number of carbonyl (C=O) groups excluding carboxylic acids is 1. The standard InChI is InChI=1S/C19H10F3N3O3/c20-12-4-3-9-5-11(2-1-10(9)6-12)18(26)23-16-8-15(22)14(21)7-13(16)17-24-19(27)28-25-17/h1-8H,(H,23,26)(H,24,25,27). The molecule has 6 nitrogen and oxygen atoms in total. The van der Waals surface area contributed by atoms with Crippen LogP contribution in [0.5, 0.6) is 0 Å². The van der Waals surface area contributed by atoms with Crippen molar-refractivity contribution in [1.29, 1.82) is 0 Å². The molecular weight excluding hydrogens is 375 g/mol. The lowest BCUT2D eigenvalue weighted by molar-refractivity contribution is 0.102. The van der Waals surface area contributed by atoms with Crippen LogP contribution in [0.2, 0.25) is 0 Å². The number of fused-ring (bicyclic) bond motifs is 1. The van der Waals surface area contributed by atoms with Crippen LogP contribution in [0.4, 0.5) is 18.9 Å². The van der Waals surface area contributed by atoms with Gasteiger partial charge in [-0.3, -0.25) is 14.3 Å². The quantitative estimate of drug-likeness (QED) is 0.561. The molecule has 0 aliphatic carbocycles. The van der Waals surface area contributed by atoms with Crippen LogP contribution in [0.25, 0.3) is 22.2 Å². The number of anilines is 1. The average Bonchev–Trinajstić information content (AvgIpc) is 3.10. The molecule has 0 fully saturated rings. The van der Waals surface area contributed by atoms with Crippen molar-refractivity contribution in [2.75, 3.05) is 5.32 Å². The van der Waals surface area contributed by atoms with Crippen molar-refractivity contribution in [3.8, 4) is 11.4 Å². The number of H-pyrrole nitrogens is 1. The van der Waals surface area contributed by atoms with E-state index in [4.69, 9.17) is 0 Å². The van der Waals surface area contributed by atoms with Crippen LogP contribution < -0.4 is 11.1 Å². The minimum atomic E-state index is -1.20. The highest BCUT2D eigenvalue weighted by Gasteiger charge is 2.18. The second-order valence-corrected chi connectivity index (χ2v) is 5.92. The summed E-state index contributed by atoms with van der Waals surface area (Å²) >= 11 is 0. The molecular formula is C19H10F3N3O3. The van der Waals surface area contributed by atoms with E-state index in [-0.39, 0.29) is 22.6 Å². The summed E-state index contributed by atoms with van der Waals surface area (Å²) in [5.74, 6) is -4.47. The monoisotopic (exact) mass is 385 g/mol. The number of aromatic amines is 1. The number of halogens is 3. The van der Waals surface area contributed by atoms with Gasteiger partial charge in [-0.05, 0) is 41.1 Å². The first-order valence-corrected chi connectivity index (χ1v) is 7.97. The van der Waals surface area contributed by atoms with E-state index in [0.29, 0.717) is 10.8 Å². The number of carbonyl (C=O) groups is 1. The zero-order chi connectivity index (χ0) is 19.8. The number of nitrogens with one attached hydrogen (secondary N) is 2. The molecule has 0 spiro atoms. The Kier molecular flexibility index (Phi) is 4.19. The number of nitrogens with zero attached hydrogens (tertiary/aromatic N) is 1. The molecule has 0 unspecified atom stereocenters. The smallest absolute Gasteiger partial charge is 0.321 e. The van der Waals surface area contributed by atoms with Crippen molar-refractivity contribution in [2.45, 2.75) is 0 Å². The van der Waals surface area contributed by atoms with Gasteiger partial charge < -0.3 is 5.32 Å². The summed E-state index contributed by atoms with van der Waals surface area (Å²) in [6, 6.07) is 10.2. The van der Waals surface area contributed by atoms with Gasteiger partial charge in [0.25, 0.3) is 5.91 Å². The Morgan fingerprint density at radius 1 is 0.964 bits per heavy atom. The van der Waals surface area contributed by atoms with E-state index in [9.17, 15) is 22.8 Å². The van der Waals surface area contributed by atoms with Gasteiger partial charge in [-0.25, -0.2) is 18.0 Å². The maximum atomic E-state index is 13.7. The van der Waals surface area contributed by atoms with Gasteiger partial charge in [-0.2, -0.15) is 0 Å². The summed E-state index contributed by atoms with van der Waals surface area (Å²) < 4.78 is 45.0. The summed E-state index contributed by atoms with van der Waals surface area (Å²) in [6.45, 7) is 0. The van der Waals surface area contributed by atoms with Gasteiger partial charge >= 0.3 is 5.76 Å². The SMILES string of the molecule is O=C(Nc1cc(F)c(F)cc1-c1noc(=O)[nH]1)c1ccc2cc(F)ccc2c1. The van der Waals surface area contributed by atoms with Gasteiger partial charge in [0.15, 0.2) is 17.5 Å². The van der Waals surface area contributed by atoms with Crippen LogP contribution in [0.15, 0.2) is 57.8 Å². The molecule has 0 aliphatic rings. The molecule has 4 rings (SSSR count). The molecule has 1 heterocycles. The number of hydrogen-bond acceptors (Lipinski definition) is 4. The molecule has 0 bridgehead atoms. The zero-order valence-electron chi connectivity index (χ0n) is 13.9. The van der Waals surface area contributed by atoms with E-state index >= 15 is 0 Å². The lowest BCUT2D eigenvalue weighted by Gasteiger charge is -2.10. The van der Waals surface area contributed by atoms with Crippen molar-refractivity contribution in [3.63, 3.8) is 0 Å². The first-order valence-electron chi connectivity index (χ1n) is 7.97. The molecule has 1 amide bonds. The molecule has 9 heteroatoms. The van der Waals surface area contributed by atoms with Gasteiger partial charge in [0, 0.05) is 17.2 Å². The highest BCUT2D eigenvalue weighted by Crippen LogP contribution is 2.28. The Balaban J connectivity index is 1.72. The Labute approximate surface area is 154 Å². The molecule has 28 heavy (non-hydrogen) atoms. The summed E-state index contributed by atoms with van der Waals surface area (Å²) in [5.41, 5.74) is 0.0250. The lowest BCUT2D eigenvalue weighted by Crippen LogP contribution is -2.13. The molecule has 0 atom stereocenters. The minimum Gasteiger partial charge on any atom is -0.321 e. The number of amides is 1. The first kappa shape index (κ1) is 17.5. The normalized spacial score (nSPS) is 11.0. The summed E-state index contributed by atoms with van der Waals surface area (Å²) in [5, 5.41) is 7.11. The first-order chi connectivity index (χ1) is 13.4. The Bertz CT molecular complexity index is 1280. The molecule has 2 N–H and O–H groups in total. The molecule has 0 saturated heterocycles. The van der Waals surface area contributed by atoms with Crippen LogP contribution in [0.1, 0.15) is 10.4 Å². The number of hydrogen-bond donors (Lipinski definition) is 2. The number of benzene rings is 3. The Morgan fingerprint density at radius 2 is 1.68 bits per heavy atom. The second-order valence-electron chi connectivity index (χ2n) is 5.92. The van der Waals surface area contributed by atoms with Crippen molar-refractivity contribution in [1.82, 2.24) is 10.1 Å². The maximum absolute atomic E-state index is 13.7. The van der Waals surface area contributed by atoms with Gasteiger partial charge in [0.05, 0.1) is 5.69 Å². The highest BCUT2D eigenvalue weighted by molar-refractivity contribution is 6.07. The minimum absolute atomic E-state index is 0.0686. The van der Waals surface area contributed by atoms with Crippen LogP contribution in [-0.2, 0) is 0 Å². The van der Waals surface area contributed by atoms with Crippen molar-refractivity contribution in [3.05, 3.63) is 82.1 Å². The summed E-state index contributed by atoms with van der Waals surface area (Å²) in [7, 11) is 0. The fraction of sp³-hybridized carbons (Fsp3) is 0. The maximum Gasteiger partial charge on any atom is 0.439 e. The summed E-state index contributed by atoms with van der Waals surface area (Å²) in [6.07, 6.45) is 0.